The first-order chi connectivity index (χ1) is 11.6. The topological polar surface area (TPSA) is 81.4 Å². The molecule has 1 fully saturated rings. The summed E-state index contributed by atoms with van der Waals surface area (Å²) in [6, 6.07) is 9.94. The van der Waals surface area contributed by atoms with Crippen LogP contribution in [-0.4, -0.2) is 24.0 Å². The van der Waals surface area contributed by atoms with Crippen LogP contribution >= 0.6 is 0 Å². The highest BCUT2D eigenvalue weighted by Gasteiger charge is 2.37. The Bertz CT molecular complexity index is 523. The standard InChI is InChI=1S/C19H28N2O3/c20-18(23)19(12-6-1-2-7-13-19)21-17(22)11-8-14-24-15-16-9-4-3-5-10-16/h3-5,9-10H,1-2,6-8,11-15H2,(H2,20,23)(H,21,22). The Morgan fingerprint density at radius 2 is 1.75 bits per heavy atom. The minimum absolute atomic E-state index is 0.112. The van der Waals surface area contributed by atoms with Gasteiger partial charge in [-0.15, -0.1) is 0 Å². The number of carbonyl (C=O) groups excluding carboxylic acids is 2. The smallest absolute Gasteiger partial charge is 0.243 e. The lowest BCUT2D eigenvalue weighted by molar-refractivity contribution is -0.132. The molecule has 0 spiro atoms. The fourth-order valence-corrected chi connectivity index (χ4v) is 3.19. The zero-order valence-corrected chi connectivity index (χ0v) is 14.3. The van der Waals surface area contributed by atoms with E-state index in [0.717, 1.165) is 31.2 Å². The molecule has 1 saturated carbocycles. The highest BCUT2D eigenvalue weighted by Crippen LogP contribution is 2.27. The number of amides is 2. The molecule has 0 aromatic heterocycles. The second kappa shape index (κ2) is 9.42. The zero-order chi connectivity index (χ0) is 17.3. The van der Waals surface area contributed by atoms with Gasteiger partial charge in [-0.1, -0.05) is 56.0 Å². The van der Waals surface area contributed by atoms with Gasteiger partial charge in [0.05, 0.1) is 6.61 Å². The summed E-state index contributed by atoms with van der Waals surface area (Å²) < 4.78 is 5.58. The molecule has 132 valence electrons. The van der Waals surface area contributed by atoms with E-state index in [0.29, 0.717) is 38.9 Å². The van der Waals surface area contributed by atoms with Crippen LogP contribution in [0.1, 0.15) is 56.9 Å². The van der Waals surface area contributed by atoms with Gasteiger partial charge in [-0.2, -0.15) is 0 Å². The van der Waals surface area contributed by atoms with Crippen molar-refractivity contribution in [1.29, 1.82) is 0 Å². The molecule has 3 N–H and O–H groups in total. The van der Waals surface area contributed by atoms with Crippen LogP contribution in [0.25, 0.3) is 0 Å². The van der Waals surface area contributed by atoms with Gasteiger partial charge in [0, 0.05) is 13.0 Å². The lowest BCUT2D eigenvalue weighted by Gasteiger charge is -2.30. The highest BCUT2D eigenvalue weighted by atomic mass is 16.5. The Balaban J connectivity index is 1.70. The molecule has 0 aliphatic heterocycles. The van der Waals surface area contributed by atoms with E-state index in [9.17, 15) is 9.59 Å². The third-order valence-corrected chi connectivity index (χ3v) is 4.61. The van der Waals surface area contributed by atoms with Gasteiger partial charge in [-0.3, -0.25) is 9.59 Å². The van der Waals surface area contributed by atoms with Crippen molar-refractivity contribution in [2.45, 2.75) is 63.5 Å². The van der Waals surface area contributed by atoms with Gasteiger partial charge in [0.2, 0.25) is 11.8 Å². The SMILES string of the molecule is NC(=O)C1(NC(=O)CCCOCc2ccccc2)CCCCCC1. The first-order valence-corrected chi connectivity index (χ1v) is 8.85. The molecule has 0 bridgehead atoms. The summed E-state index contributed by atoms with van der Waals surface area (Å²) in [6.45, 7) is 1.07. The number of nitrogens with two attached hydrogens (primary N) is 1. The Hall–Kier alpha value is -1.88. The van der Waals surface area contributed by atoms with Crippen LogP contribution in [0.4, 0.5) is 0 Å². The van der Waals surface area contributed by atoms with Crippen LogP contribution in [-0.2, 0) is 20.9 Å². The van der Waals surface area contributed by atoms with E-state index in [1.54, 1.807) is 0 Å². The van der Waals surface area contributed by atoms with E-state index in [2.05, 4.69) is 5.32 Å². The maximum Gasteiger partial charge on any atom is 0.243 e. The first kappa shape index (κ1) is 18.5. The summed E-state index contributed by atoms with van der Waals surface area (Å²) in [5.74, 6) is -0.517. The van der Waals surface area contributed by atoms with Gasteiger partial charge < -0.3 is 15.8 Å². The van der Waals surface area contributed by atoms with Crippen molar-refractivity contribution in [2.24, 2.45) is 5.73 Å². The van der Waals surface area contributed by atoms with Gasteiger partial charge in [0.25, 0.3) is 0 Å². The third-order valence-electron chi connectivity index (χ3n) is 4.61. The van der Waals surface area contributed by atoms with Crippen molar-refractivity contribution in [3.63, 3.8) is 0 Å². The molecule has 0 saturated heterocycles. The molecule has 24 heavy (non-hydrogen) atoms. The van der Waals surface area contributed by atoms with Crippen molar-refractivity contribution in [1.82, 2.24) is 5.32 Å². The van der Waals surface area contributed by atoms with Crippen molar-refractivity contribution < 1.29 is 14.3 Å². The Kier molecular flexibility index (Phi) is 7.25. The Labute approximate surface area is 143 Å². The molecule has 1 aromatic rings. The van der Waals surface area contributed by atoms with Crippen LogP contribution < -0.4 is 11.1 Å². The fraction of sp³-hybridized carbons (Fsp3) is 0.579. The number of benzene rings is 1. The molecule has 2 amide bonds. The van der Waals surface area contributed by atoms with Crippen LogP contribution in [0.3, 0.4) is 0 Å². The molecule has 2 rings (SSSR count). The fourth-order valence-electron chi connectivity index (χ4n) is 3.19. The van der Waals surface area contributed by atoms with Crippen molar-refractivity contribution in [3.8, 4) is 0 Å². The summed E-state index contributed by atoms with van der Waals surface area (Å²) in [6.07, 6.45) is 6.34. The minimum atomic E-state index is -0.849. The number of rotatable bonds is 8. The average molecular weight is 332 g/mol. The van der Waals surface area contributed by atoms with E-state index in [-0.39, 0.29) is 5.91 Å². The summed E-state index contributed by atoms with van der Waals surface area (Å²) in [7, 11) is 0. The van der Waals surface area contributed by atoms with E-state index in [1.165, 1.54) is 0 Å². The summed E-state index contributed by atoms with van der Waals surface area (Å²) >= 11 is 0. The molecule has 0 heterocycles. The number of ether oxygens (including phenoxy) is 1. The summed E-state index contributed by atoms with van der Waals surface area (Å²) in [5, 5.41) is 2.91. The molecular formula is C19H28N2O3. The van der Waals surface area contributed by atoms with E-state index in [4.69, 9.17) is 10.5 Å². The predicted molar refractivity (Wildman–Crippen MR) is 93.1 cm³/mol. The van der Waals surface area contributed by atoms with Gasteiger partial charge in [-0.05, 0) is 24.8 Å². The molecule has 0 atom stereocenters. The van der Waals surface area contributed by atoms with Crippen molar-refractivity contribution >= 4 is 11.8 Å². The van der Waals surface area contributed by atoms with Crippen LogP contribution in [0.15, 0.2) is 30.3 Å². The maximum absolute atomic E-state index is 12.2. The Morgan fingerprint density at radius 1 is 1.08 bits per heavy atom. The van der Waals surface area contributed by atoms with Crippen LogP contribution in [0.2, 0.25) is 0 Å². The second-order valence-corrected chi connectivity index (χ2v) is 6.55. The normalized spacial score (nSPS) is 17.0. The molecule has 0 unspecified atom stereocenters. The van der Waals surface area contributed by atoms with Crippen LogP contribution in [0, 0.1) is 0 Å². The maximum atomic E-state index is 12.2. The monoisotopic (exact) mass is 332 g/mol. The minimum Gasteiger partial charge on any atom is -0.377 e. The lowest BCUT2D eigenvalue weighted by atomic mass is 9.89. The van der Waals surface area contributed by atoms with E-state index in [1.807, 2.05) is 30.3 Å². The average Bonchev–Trinajstić information content (AvgIpc) is 2.82. The molecule has 1 aliphatic rings. The highest BCUT2D eigenvalue weighted by molar-refractivity contribution is 5.90. The van der Waals surface area contributed by atoms with Gasteiger partial charge in [0.1, 0.15) is 5.54 Å². The zero-order valence-electron chi connectivity index (χ0n) is 14.3. The Morgan fingerprint density at radius 3 is 2.38 bits per heavy atom. The van der Waals surface area contributed by atoms with Gasteiger partial charge in [0.15, 0.2) is 0 Å². The number of nitrogens with one attached hydrogen (secondary N) is 1. The van der Waals surface area contributed by atoms with E-state index >= 15 is 0 Å². The molecule has 1 aliphatic carbocycles. The molecular weight excluding hydrogens is 304 g/mol. The van der Waals surface area contributed by atoms with Gasteiger partial charge in [-0.25, -0.2) is 0 Å². The lowest BCUT2D eigenvalue weighted by Crippen LogP contribution is -2.57. The number of hydrogen-bond donors (Lipinski definition) is 2. The largest absolute Gasteiger partial charge is 0.377 e. The molecule has 1 aromatic carbocycles. The van der Waals surface area contributed by atoms with Gasteiger partial charge >= 0.3 is 0 Å². The molecule has 0 radical (unpaired) electrons. The molecule has 5 nitrogen and oxygen atoms in total. The summed E-state index contributed by atoms with van der Waals surface area (Å²) in [5.41, 5.74) is 5.85. The predicted octanol–water partition coefficient (Wildman–Crippen LogP) is 2.68. The quantitative estimate of drug-likeness (QED) is 0.567. The van der Waals surface area contributed by atoms with Crippen molar-refractivity contribution in [2.75, 3.05) is 6.61 Å². The third kappa shape index (κ3) is 5.64. The first-order valence-electron chi connectivity index (χ1n) is 8.85. The van der Waals surface area contributed by atoms with E-state index < -0.39 is 11.4 Å². The second-order valence-electron chi connectivity index (χ2n) is 6.55. The molecule has 5 heteroatoms. The summed E-state index contributed by atoms with van der Waals surface area (Å²) in [4.78, 5) is 24.1. The number of hydrogen-bond acceptors (Lipinski definition) is 3. The number of primary amides is 1. The van der Waals surface area contributed by atoms with Crippen LogP contribution in [0.5, 0.6) is 0 Å². The van der Waals surface area contributed by atoms with Crippen molar-refractivity contribution in [3.05, 3.63) is 35.9 Å². The number of carbonyl (C=O) groups is 2.